The van der Waals surface area contributed by atoms with Gasteiger partial charge in [0.05, 0.1) is 0 Å². The van der Waals surface area contributed by atoms with Crippen molar-refractivity contribution in [2.75, 3.05) is 0 Å². The molecule has 0 saturated carbocycles. The smallest absolute Gasteiger partial charge is 1.00 e. The predicted octanol–water partition coefficient (Wildman–Crippen LogP) is 1.43. The van der Waals surface area contributed by atoms with Crippen molar-refractivity contribution in [3.8, 4) is 0 Å². The standard InChI is InChI=1S/C21H16P.C10H15.2FH.Hf/c1-3-11-19(12-4-1)22(20-13-5-2-6-14-20)21-15-17-9-7-8-10-18(17)16-21;1-3-6-9(2)10-7-4-5-8-10;;;/h1-16H;4,7,9H,3,5-6H2,1-2H3;2*1H;/q2*-1;;;+4/p-2. The maximum absolute atomic E-state index is 3.35. The molecule has 0 nitrogen and oxygen atoms in total. The summed E-state index contributed by atoms with van der Waals surface area (Å²) in [6.07, 6.45) is 11.3. The fourth-order valence-electron chi connectivity index (χ4n) is 4.21. The van der Waals surface area contributed by atoms with Crippen LogP contribution in [-0.4, -0.2) is 0 Å². The molecule has 0 heterocycles. The number of benzene rings is 3. The second-order valence-corrected chi connectivity index (χ2v) is 10.5. The fourth-order valence-corrected chi connectivity index (χ4v) is 6.58. The fraction of sp³-hybridized carbons (Fsp3) is 0.194. The maximum atomic E-state index is 3.35. The van der Waals surface area contributed by atoms with Gasteiger partial charge in [0.2, 0.25) is 0 Å². The summed E-state index contributed by atoms with van der Waals surface area (Å²) in [5, 5.41) is 6.89. The minimum atomic E-state index is -0.493. The SMILES string of the molecule is CCCC(C)C1=[C-]CC=C1.[F-].[F-].[Hf+4].c1ccc(P(c2ccccc2)c2cc3ccccc3[cH-]2)cc1. The Hall–Kier alpha value is -2.09. The molecule has 0 N–H and O–H groups in total. The summed E-state index contributed by atoms with van der Waals surface area (Å²) >= 11 is 0. The summed E-state index contributed by atoms with van der Waals surface area (Å²) < 4.78 is 0. The zero-order valence-corrected chi connectivity index (χ0v) is 24.8. The summed E-state index contributed by atoms with van der Waals surface area (Å²) in [5.41, 5.74) is 1.42. The van der Waals surface area contributed by atoms with E-state index in [0.29, 0.717) is 0 Å². The number of hydrogen-bond donors (Lipinski definition) is 0. The van der Waals surface area contributed by atoms with Gasteiger partial charge in [-0.25, -0.2) is 11.6 Å². The molecule has 0 fully saturated rings. The molecular weight excluding hydrogens is 620 g/mol. The van der Waals surface area contributed by atoms with Crippen molar-refractivity contribution in [3.63, 3.8) is 0 Å². The average molecular weight is 651 g/mol. The van der Waals surface area contributed by atoms with Crippen molar-refractivity contribution in [2.24, 2.45) is 5.92 Å². The van der Waals surface area contributed by atoms with E-state index in [9.17, 15) is 0 Å². The van der Waals surface area contributed by atoms with E-state index in [1.54, 1.807) is 0 Å². The van der Waals surface area contributed by atoms with Crippen LogP contribution in [0.2, 0.25) is 0 Å². The Labute approximate surface area is 228 Å². The molecule has 0 aliphatic heterocycles. The van der Waals surface area contributed by atoms with Crippen LogP contribution in [0, 0.1) is 12.0 Å². The van der Waals surface area contributed by atoms with Gasteiger partial charge in [-0.2, -0.15) is 12.1 Å². The zero-order chi connectivity index (χ0) is 22.2. The van der Waals surface area contributed by atoms with Crippen LogP contribution in [0.4, 0.5) is 0 Å². The molecule has 4 aromatic carbocycles. The third-order valence-electron chi connectivity index (χ3n) is 5.86. The van der Waals surface area contributed by atoms with Crippen molar-refractivity contribution in [1.29, 1.82) is 0 Å². The Morgan fingerprint density at radius 3 is 1.94 bits per heavy atom. The first kappa shape index (κ1) is 30.9. The first-order chi connectivity index (χ1) is 15.8. The second-order valence-electron chi connectivity index (χ2n) is 8.28. The van der Waals surface area contributed by atoms with Crippen LogP contribution in [0.15, 0.2) is 115 Å². The van der Waals surface area contributed by atoms with E-state index in [2.05, 4.69) is 129 Å². The van der Waals surface area contributed by atoms with Crippen LogP contribution in [0.3, 0.4) is 0 Å². The molecule has 1 aliphatic carbocycles. The normalized spacial score (nSPS) is 12.5. The molecule has 0 radical (unpaired) electrons. The van der Waals surface area contributed by atoms with Crippen LogP contribution in [0.1, 0.15) is 33.1 Å². The van der Waals surface area contributed by atoms with Crippen LogP contribution >= 0.6 is 7.92 Å². The maximum Gasteiger partial charge on any atom is 4.00 e. The summed E-state index contributed by atoms with van der Waals surface area (Å²) in [6.45, 7) is 4.51. The van der Waals surface area contributed by atoms with Gasteiger partial charge in [0.15, 0.2) is 0 Å². The molecule has 5 rings (SSSR count). The van der Waals surface area contributed by atoms with Crippen molar-refractivity contribution in [2.45, 2.75) is 33.1 Å². The Morgan fingerprint density at radius 1 is 0.857 bits per heavy atom. The third-order valence-corrected chi connectivity index (χ3v) is 8.27. The first-order valence-corrected chi connectivity index (χ1v) is 12.9. The monoisotopic (exact) mass is 652 g/mol. The van der Waals surface area contributed by atoms with E-state index < -0.39 is 7.92 Å². The molecule has 0 amide bonds. The van der Waals surface area contributed by atoms with Gasteiger partial charge in [-0.3, -0.25) is 6.08 Å². The molecule has 0 bridgehead atoms. The van der Waals surface area contributed by atoms with E-state index in [4.69, 9.17) is 0 Å². The van der Waals surface area contributed by atoms with E-state index in [1.807, 2.05) is 0 Å². The first-order valence-electron chi connectivity index (χ1n) is 11.6. The van der Waals surface area contributed by atoms with Crippen LogP contribution in [-0.2, 0) is 25.8 Å². The van der Waals surface area contributed by atoms with E-state index in [0.717, 1.165) is 12.3 Å². The largest absolute Gasteiger partial charge is 4.00 e. The molecule has 0 spiro atoms. The van der Waals surface area contributed by atoms with Crippen LogP contribution < -0.4 is 25.3 Å². The minimum Gasteiger partial charge on any atom is -1.00 e. The van der Waals surface area contributed by atoms with E-state index in [1.165, 1.54) is 45.1 Å². The second kappa shape index (κ2) is 15.8. The zero-order valence-electron chi connectivity index (χ0n) is 20.3. The van der Waals surface area contributed by atoms with Gasteiger partial charge in [0.1, 0.15) is 0 Å². The molecule has 0 saturated heterocycles. The van der Waals surface area contributed by atoms with Crippen molar-refractivity contribution in [1.82, 2.24) is 0 Å². The molecular formula is C31H31F2HfP. The number of fused-ring (bicyclic) bond motifs is 1. The van der Waals surface area contributed by atoms with Crippen LogP contribution in [0.5, 0.6) is 0 Å². The quantitative estimate of drug-likeness (QED) is 0.169. The van der Waals surface area contributed by atoms with Gasteiger partial charge in [-0.05, 0) is 25.0 Å². The topological polar surface area (TPSA) is 0 Å². The molecule has 35 heavy (non-hydrogen) atoms. The Morgan fingerprint density at radius 2 is 1.43 bits per heavy atom. The van der Waals surface area contributed by atoms with Crippen molar-refractivity contribution < 1.29 is 35.3 Å². The van der Waals surface area contributed by atoms with E-state index >= 15 is 0 Å². The molecule has 1 atom stereocenters. The molecule has 1 aliphatic rings. The summed E-state index contributed by atoms with van der Waals surface area (Å²) in [4.78, 5) is 0. The minimum absolute atomic E-state index is 0. The molecule has 0 aromatic heterocycles. The number of rotatable bonds is 6. The van der Waals surface area contributed by atoms with Gasteiger partial charge in [-0.15, -0.1) is 46.8 Å². The predicted molar refractivity (Wildman–Crippen MR) is 143 cm³/mol. The Kier molecular flexibility index (Phi) is 14.0. The summed E-state index contributed by atoms with van der Waals surface area (Å²) in [7, 11) is -0.493. The summed E-state index contributed by atoms with van der Waals surface area (Å²) in [6, 6.07) is 35.0. The van der Waals surface area contributed by atoms with Gasteiger partial charge in [0.25, 0.3) is 0 Å². The molecule has 4 heteroatoms. The number of hydrogen-bond acceptors (Lipinski definition) is 0. The number of allylic oxidation sites excluding steroid dienone is 4. The van der Waals surface area contributed by atoms with Gasteiger partial charge in [-0.1, -0.05) is 92.9 Å². The van der Waals surface area contributed by atoms with Gasteiger partial charge in [0, 0.05) is 0 Å². The van der Waals surface area contributed by atoms with Gasteiger partial charge < -0.3 is 9.41 Å². The molecule has 4 aromatic rings. The van der Waals surface area contributed by atoms with Gasteiger partial charge >= 0.3 is 25.8 Å². The number of halogens is 2. The Balaban J connectivity index is 0.000000407. The third kappa shape index (κ3) is 8.23. The Bertz CT molecular complexity index is 1110. The molecule has 1 unspecified atom stereocenters. The average Bonchev–Trinajstić information content (AvgIpc) is 3.52. The van der Waals surface area contributed by atoms with Crippen LogP contribution in [0.25, 0.3) is 10.8 Å². The van der Waals surface area contributed by atoms with Crippen molar-refractivity contribution in [3.05, 3.63) is 121 Å². The van der Waals surface area contributed by atoms with E-state index in [-0.39, 0.29) is 35.3 Å². The van der Waals surface area contributed by atoms with Crippen molar-refractivity contribution >= 4 is 34.6 Å². The molecule has 178 valence electrons. The summed E-state index contributed by atoms with van der Waals surface area (Å²) in [5.74, 6) is 0.726.